The minimum absolute atomic E-state index is 0.0592. The van der Waals surface area contributed by atoms with Gasteiger partial charge in [0, 0.05) is 42.5 Å². The average Bonchev–Trinajstić information content (AvgIpc) is 2.72. The molecule has 0 saturated carbocycles. The average molecular weight is 313 g/mol. The van der Waals surface area contributed by atoms with E-state index in [-0.39, 0.29) is 12.4 Å². The minimum Gasteiger partial charge on any atom is -0.409 e. The Kier molecular flexibility index (Phi) is 5.67. The molecule has 1 heterocycles. The largest absolute Gasteiger partial charge is 0.409 e. The molecule has 1 saturated heterocycles. The summed E-state index contributed by atoms with van der Waals surface area (Å²) in [6, 6.07) is 5.42. The Labute approximate surface area is 129 Å². The molecule has 1 aliphatic heterocycles. The minimum atomic E-state index is 0.0592. The van der Waals surface area contributed by atoms with Gasteiger partial charge in [0.1, 0.15) is 0 Å². The molecule has 21 heavy (non-hydrogen) atoms. The number of nitrogens with two attached hydrogens (primary N) is 1. The summed E-state index contributed by atoms with van der Waals surface area (Å²) in [4.78, 5) is 4.44. The molecule has 0 radical (unpaired) electrons. The van der Waals surface area contributed by atoms with E-state index in [1.165, 1.54) is 0 Å². The van der Waals surface area contributed by atoms with Crippen molar-refractivity contribution in [1.82, 2.24) is 4.90 Å². The van der Waals surface area contributed by atoms with E-state index >= 15 is 0 Å². The van der Waals surface area contributed by atoms with Gasteiger partial charge in [-0.1, -0.05) is 16.8 Å². The second kappa shape index (κ2) is 7.49. The third-order valence-electron chi connectivity index (χ3n) is 3.69. The number of halogens is 1. The van der Waals surface area contributed by atoms with Gasteiger partial charge in [-0.25, -0.2) is 0 Å². The zero-order chi connectivity index (χ0) is 15.2. The molecule has 1 aliphatic rings. The fourth-order valence-corrected chi connectivity index (χ4v) is 2.79. The highest BCUT2D eigenvalue weighted by molar-refractivity contribution is 6.31. The van der Waals surface area contributed by atoms with Crippen molar-refractivity contribution in [3.05, 3.63) is 28.8 Å². The standard InChI is InChI=1S/C14H21ClN4O2/c15-11-2-3-13(12(10-11)14(16)17-21)19-5-1-4-18(6-7-19)8-9-20/h2-3,10,20-21H,1,4-9H2,(H2,16,17). The first-order valence-electron chi connectivity index (χ1n) is 7.01. The highest BCUT2D eigenvalue weighted by atomic mass is 35.5. The number of nitrogens with zero attached hydrogens (tertiary/aromatic N) is 3. The lowest BCUT2D eigenvalue weighted by Crippen LogP contribution is -2.33. The first-order valence-corrected chi connectivity index (χ1v) is 7.39. The van der Waals surface area contributed by atoms with Crippen LogP contribution in [-0.4, -0.2) is 60.4 Å². The van der Waals surface area contributed by atoms with Crippen LogP contribution in [0.4, 0.5) is 5.69 Å². The van der Waals surface area contributed by atoms with E-state index < -0.39 is 0 Å². The van der Waals surface area contributed by atoms with Gasteiger partial charge in [-0.05, 0) is 31.2 Å². The van der Waals surface area contributed by atoms with Crippen LogP contribution in [0.5, 0.6) is 0 Å². The van der Waals surface area contributed by atoms with Crippen molar-refractivity contribution in [3.8, 4) is 0 Å². The number of β-amino-alcohol motifs (C(OH)–C–C–N with tert-alkyl or cyclic N) is 1. The normalized spacial score (nSPS) is 17.8. The number of rotatable bonds is 4. The lowest BCUT2D eigenvalue weighted by molar-refractivity contribution is 0.204. The molecular weight excluding hydrogens is 292 g/mol. The van der Waals surface area contributed by atoms with E-state index in [4.69, 9.17) is 27.6 Å². The first kappa shape index (κ1) is 15.9. The molecule has 4 N–H and O–H groups in total. The van der Waals surface area contributed by atoms with Gasteiger partial charge in [0.05, 0.1) is 6.61 Å². The van der Waals surface area contributed by atoms with Crippen LogP contribution in [0.1, 0.15) is 12.0 Å². The molecule has 0 unspecified atom stereocenters. The van der Waals surface area contributed by atoms with E-state index in [2.05, 4.69) is 15.0 Å². The fraction of sp³-hybridized carbons (Fsp3) is 0.500. The number of oxime groups is 1. The van der Waals surface area contributed by atoms with Gasteiger partial charge < -0.3 is 20.9 Å². The van der Waals surface area contributed by atoms with Crippen molar-refractivity contribution in [2.45, 2.75) is 6.42 Å². The maximum Gasteiger partial charge on any atom is 0.172 e. The molecule has 0 aliphatic carbocycles. The number of anilines is 1. The number of amidine groups is 1. The Bertz CT molecular complexity index is 510. The quantitative estimate of drug-likeness (QED) is 0.333. The Morgan fingerprint density at radius 3 is 2.81 bits per heavy atom. The van der Waals surface area contributed by atoms with E-state index in [1.807, 2.05) is 6.07 Å². The smallest absolute Gasteiger partial charge is 0.172 e. The van der Waals surface area contributed by atoms with Gasteiger partial charge in [0.2, 0.25) is 0 Å². The molecule has 0 spiro atoms. The van der Waals surface area contributed by atoms with Crippen LogP contribution in [-0.2, 0) is 0 Å². The molecule has 1 aromatic carbocycles. The van der Waals surface area contributed by atoms with Crippen molar-refractivity contribution in [3.63, 3.8) is 0 Å². The summed E-state index contributed by atoms with van der Waals surface area (Å²) in [5, 5.41) is 21.6. The van der Waals surface area contributed by atoms with Crippen LogP contribution >= 0.6 is 11.6 Å². The van der Waals surface area contributed by atoms with Gasteiger partial charge >= 0.3 is 0 Å². The molecule has 1 fully saturated rings. The molecule has 0 amide bonds. The molecule has 6 nitrogen and oxygen atoms in total. The Morgan fingerprint density at radius 2 is 2.10 bits per heavy atom. The number of hydrogen-bond donors (Lipinski definition) is 3. The first-order chi connectivity index (χ1) is 10.2. The lowest BCUT2D eigenvalue weighted by Gasteiger charge is -2.25. The molecule has 116 valence electrons. The zero-order valence-corrected chi connectivity index (χ0v) is 12.6. The molecule has 2 rings (SSSR count). The molecular formula is C14H21ClN4O2. The maximum absolute atomic E-state index is 9.04. The zero-order valence-electron chi connectivity index (χ0n) is 11.9. The highest BCUT2D eigenvalue weighted by Crippen LogP contribution is 2.25. The van der Waals surface area contributed by atoms with Gasteiger partial charge in [-0.2, -0.15) is 0 Å². The second-order valence-electron chi connectivity index (χ2n) is 5.05. The number of aliphatic hydroxyl groups is 1. The van der Waals surface area contributed by atoms with Crippen molar-refractivity contribution in [1.29, 1.82) is 0 Å². The summed E-state index contributed by atoms with van der Waals surface area (Å²) in [6.45, 7) is 4.42. The van der Waals surface area contributed by atoms with Crippen LogP contribution in [0.15, 0.2) is 23.4 Å². The Morgan fingerprint density at radius 1 is 1.29 bits per heavy atom. The predicted octanol–water partition coefficient (Wildman–Crippen LogP) is 0.939. The topological polar surface area (TPSA) is 85.3 Å². The molecule has 0 bridgehead atoms. The van der Waals surface area contributed by atoms with E-state index in [0.717, 1.165) is 38.3 Å². The summed E-state index contributed by atoms with van der Waals surface area (Å²) in [6.07, 6.45) is 0.998. The van der Waals surface area contributed by atoms with E-state index in [9.17, 15) is 0 Å². The van der Waals surface area contributed by atoms with Crippen molar-refractivity contribution in [2.75, 3.05) is 44.2 Å². The van der Waals surface area contributed by atoms with Crippen LogP contribution in [0.25, 0.3) is 0 Å². The summed E-state index contributed by atoms with van der Waals surface area (Å²) in [5.41, 5.74) is 7.31. The van der Waals surface area contributed by atoms with Crippen molar-refractivity contribution in [2.24, 2.45) is 10.9 Å². The number of benzene rings is 1. The SMILES string of the molecule is N/C(=N/O)c1cc(Cl)ccc1N1CCCN(CCO)CC1. The monoisotopic (exact) mass is 312 g/mol. The van der Waals surface area contributed by atoms with Gasteiger partial charge in [0.25, 0.3) is 0 Å². The Balaban J connectivity index is 2.21. The highest BCUT2D eigenvalue weighted by Gasteiger charge is 2.18. The molecule has 0 aromatic heterocycles. The Hall–Kier alpha value is -1.50. The third kappa shape index (κ3) is 4.00. The number of aliphatic hydroxyl groups excluding tert-OH is 1. The molecule has 1 aromatic rings. The summed E-state index contributed by atoms with van der Waals surface area (Å²) < 4.78 is 0. The van der Waals surface area contributed by atoms with Gasteiger partial charge in [-0.3, -0.25) is 4.90 Å². The van der Waals surface area contributed by atoms with Crippen LogP contribution < -0.4 is 10.6 Å². The second-order valence-corrected chi connectivity index (χ2v) is 5.49. The number of hydrogen-bond acceptors (Lipinski definition) is 5. The maximum atomic E-state index is 9.04. The fourth-order valence-electron chi connectivity index (χ4n) is 2.62. The third-order valence-corrected chi connectivity index (χ3v) is 3.92. The van der Waals surface area contributed by atoms with Crippen molar-refractivity contribution < 1.29 is 10.3 Å². The summed E-state index contributed by atoms with van der Waals surface area (Å²) in [7, 11) is 0. The van der Waals surface area contributed by atoms with E-state index in [0.29, 0.717) is 17.1 Å². The van der Waals surface area contributed by atoms with E-state index in [1.54, 1.807) is 12.1 Å². The summed E-state index contributed by atoms with van der Waals surface area (Å²) in [5.74, 6) is 0.0592. The van der Waals surface area contributed by atoms with Gasteiger partial charge in [0.15, 0.2) is 5.84 Å². The lowest BCUT2D eigenvalue weighted by atomic mass is 10.1. The van der Waals surface area contributed by atoms with Crippen molar-refractivity contribution >= 4 is 23.1 Å². The van der Waals surface area contributed by atoms with Gasteiger partial charge in [-0.15, -0.1) is 0 Å². The van der Waals surface area contributed by atoms with Crippen LogP contribution in [0, 0.1) is 0 Å². The van der Waals surface area contributed by atoms with Crippen LogP contribution in [0.3, 0.4) is 0 Å². The molecule has 0 atom stereocenters. The van der Waals surface area contributed by atoms with Crippen LogP contribution in [0.2, 0.25) is 5.02 Å². The predicted molar refractivity (Wildman–Crippen MR) is 84.3 cm³/mol. The summed E-state index contributed by atoms with van der Waals surface area (Å²) >= 11 is 6.01. The molecule has 7 heteroatoms.